The maximum Gasteiger partial charge on any atom is 0.428 e. The van der Waals surface area contributed by atoms with E-state index in [1.165, 1.54) is 25.5 Å². The third-order valence-corrected chi connectivity index (χ3v) is 2.17. The van der Waals surface area contributed by atoms with Crippen molar-refractivity contribution < 1.29 is 19.2 Å². The minimum atomic E-state index is -0.707. The molecule has 0 radical (unpaired) electrons. The molecule has 1 amide bonds. The minimum absolute atomic E-state index is 0.150. The lowest BCUT2D eigenvalue weighted by Crippen LogP contribution is -2.29. The monoisotopic (exact) mass is 295 g/mol. The molecule has 0 saturated carbocycles. The summed E-state index contributed by atoms with van der Waals surface area (Å²) in [5, 5.41) is 14.5. The zero-order valence-corrected chi connectivity index (χ0v) is 12.2. The number of ether oxygens (including phenoxy) is 2. The molecule has 114 valence electrons. The molecule has 21 heavy (non-hydrogen) atoms. The maximum atomic E-state index is 11.3. The van der Waals surface area contributed by atoms with Crippen LogP contribution in [0.25, 0.3) is 0 Å². The van der Waals surface area contributed by atoms with Gasteiger partial charge in [0.15, 0.2) is 5.75 Å². The Hall–Kier alpha value is -2.64. The fourth-order valence-corrected chi connectivity index (χ4v) is 1.39. The summed E-state index contributed by atoms with van der Waals surface area (Å²) in [6.07, 6.45) is 0.567. The van der Waals surface area contributed by atoms with Gasteiger partial charge in [-0.3, -0.25) is 10.1 Å². The molecule has 0 saturated heterocycles. The number of carbonyl (C=O) groups is 1. The average Bonchev–Trinajstić information content (AvgIpc) is 2.36. The lowest BCUT2D eigenvalue weighted by atomic mass is 10.2. The number of hydrogen-bond donors (Lipinski definition) is 1. The first-order valence-electron chi connectivity index (χ1n) is 6.07. The molecule has 0 aliphatic carbocycles. The molecule has 0 aliphatic rings. The van der Waals surface area contributed by atoms with Crippen LogP contribution in [0.3, 0.4) is 0 Å². The number of hydrogen-bond acceptors (Lipinski definition) is 6. The van der Waals surface area contributed by atoms with Crippen molar-refractivity contribution in [2.75, 3.05) is 7.11 Å². The number of nitrogens with one attached hydrogen (secondary N) is 1. The van der Waals surface area contributed by atoms with E-state index in [1.54, 1.807) is 26.8 Å². The van der Waals surface area contributed by atoms with Crippen molar-refractivity contribution in [2.45, 2.75) is 26.4 Å². The second kappa shape index (κ2) is 6.69. The number of hydrazone groups is 1. The fraction of sp³-hybridized carbons (Fsp3) is 0.385. The zero-order valence-electron chi connectivity index (χ0n) is 12.2. The van der Waals surface area contributed by atoms with E-state index in [0.29, 0.717) is 5.56 Å². The van der Waals surface area contributed by atoms with Crippen LogP contribution in [0.5, 0.6) is 5.75 Å². The average molecular weight is 295 g/mol. The van der Waals surface area contributed by atoms with Gasteiger partial charge in [0.2, 0.25) is 0 Å². The Kier molecular flexibility index (Phi) is 5.23. The van der Waals surface area contributed by atoms with E-state index in [1.807, 2.05) is 0 Å². The highest BCUT2D eigenvalue weighted by atomic mass is 16.6. The van der Waals surface area contributed by atoms with Gasteiger partial charge in [-0.05, 0) is 32.9 Å². The number of amides is 1. The van der Waals surface area contributed by atoms with Crippen molar-refractivity contribution in [3.05, 3.63) is 33.9 Å². The molecule has 1 N–H and O–H groups in total. The third-order valence-electron chi connectivity index (χ3n) is 2.17. The summed E-state index contributed by atoms with van der Waals surface area (Å²) in [5.41, 5.74) is 1.81. The van der Waals surface area contributed by atoms with Crippen LogP contribution in [0.15, 0.2) is 23.3 Å². The number of carbonyl (C=O) groups excluding carboxylic acids is 1. The second-order valence-corrected chi connectivity index (χ2v) is 5.06. The normalized spacial score (nSPS) is 11.2. The Bertz CT molecular complexity index is 563. The number of nitro groups is 1. The number of methoxy groups -OCH3 is 1. The van der Waals surface area contributed by atoms with Gasteiger partial charge in [0.05, 0.1) is 18.2 Å². The summed E-state index contributed by atoms with van der Waals surface area (Å²) < 4.78 is 9.87. The van der Waals surface area contributed by atoms with Crippen LogP contribution in [0.1, 0.15) is 26.3 Å². The summed E-state index contributed by atoms with van der Waals surface area (Å²) >= 11 is 0. The van der Waals surface area contributed by atoms with Crippen LogP contribution in [-0.2, 0) is 4.74 Å². The van der Waals surface area contributed by atoms with Gasteiger partial charge in [0, 0.05) is 11.6 Å². The van der Waals surface area contributed by atoms with Gasteiger partial charge in [0.1, 0.15) is 5.60 Å². The molecule has 0 bridgehead atoms. The van der Waals surface area contributed by atoms with Crippen molar-refractivity contribution in [3.8, 4) is 5.75 Å². The molecule has 0 heterocycles. The highest BCUT2D eigenvalue weighted by molar-refractivity contribution is 5.82. The Balaban J connectivity index is 2.75. The van der Waals surface area contributed by atoms with Crippen molar-refractivity contribution in [3.63, 3.8) is 0 Å². The highest BCUT2D eigenvalue weighted by Crippen LogP contribution is 2.26. The molecule has 0 spiro atoms. The van der Waals surface area contributed by atoms with Crippen molar-refractivity contribution in [1.82, 2.24) is 5.43 Å². The molecule has 8 heteroatoms. The van der Waals surface area contributed by atoms with E-state index >= 15 is 0 Å². The first-order chi connectivity index (χ1) is 9.73. The van der Waals surface area contributed by atoms with E-state index in [4.69, 9.17) is 9.47 Å². The van der Waals surface area contributed by atoms with Gasteiger partial charge in [-0.2, -0.15) is 5.10 Å². The standard InChI is InChI=1S/C13H17N3O5/c1-13(2,3)21-12(17)15-14-8-9-5-6-11(20-4)10(7-9)16(18)19/h5-8H,1-4H3,(H,15,17)/b14-8+. The molecular formula is C13H17N3O5. The first-order valence-corrected chi connectivity index (χ1v) is 6.07. The van der Waals surface area contributed by atoms with E-state index in [9.17, 15) is 14.9 Å². The SMILES string of the molecule is COc1ccc(/C=N/NC(=O)OC(C)(C)C)cc1[N+](=O)[O-]. The molecule has 0 atom stereocenters. The molecule has 0 aliphatic heterocycles. The maximum absolute atomic E-state index is 11.3. The number of nitrogens with zero attached hydrogens (tertiary/aromatic N) is 2. The topological polar surface area (TPSA) is 103 Å². The predicted molar refractivity (Wildman–Crippen MR) is 76.6 cm³/mol. The minimum Gasteiger partial charge on any atom is -0.490 e. The lowest BCUT2D eigenvalue weighted by Gasteiger charge is -2.18. The highest BCUT2D eigenvalue weighted by Gasteiger charge is 2.16. The number of benzene rings is 1. The zero-order chi connectivity index (χ0) is 16.0. The first kappa shape index (κ1) is 16.4. The lowest BCUT2D eigenvalue weighted by molar-refractivity contribution is -0.385. The third kappa shape index (κ3) is 5.47. The summed E-state index contributed by atoms with van der Waals surface area (Å²) in [6, 6.07) is 4.32. The van der Waals surface area contributed by atoms with Gasteiger partial charge >= 0.3 is 11.8 Å². The molecule has 0 aromatic heterocycles. The Morgan fingerprint density at radius 2 is 2.10 bits per heavy atom. The molecule has 1 aromatic carbocycles. The summed E-state index contributed by atoms with van der Waals surface area (Å²) in [7, 11) is 1.35. The van der Waals surface area contributed by atoms with Crippen molar-refractivity contribution in [1.29, 1.82) is 0 Å². The Morgan fingerprint density at radius 1 is 1.43 bits per heavy atom. The van der Waals surface area contributed by atoms with Gasteiger partial charge in [0.25, 0.3) is 0 Å². The van der Waals surface area contributed by atoms with E-state index in [-0.39, 0.29) is 11.4 Å². The van der Waals surface area contributed by atoms with E-state index < -0.39 is 16.6 Å². The van der Waals surface area contributed by atoms with Crippen LogP contribution in [0, 0.1) is 10.1 Å². The van der Waals surface area contributed by atoms with Gasteiger partial charge in [-0.15, -0.1) is 0 Å². The van der Waals surface area contributed by atoms with Crippen molar-refractivity contribution in [2.24, 2.45) is 5.10 Å². The van der Waals surface area contributed by atoms with E-state index in [0.717, 1.165) is 0 Å². The molecule has 0 fully saturated rings. The molecule has 0 unspecified atom stereocenters. The van der Waals surface area contributed by atoms with Crippen LogP contribution in [0.4, 0.5) is 10.5 Å². The smallest absolute Gasteiger partial charge is 0.428 e. The molecule has 1 aromatic rings. The molecule has 8 nitrogen and oxygen atoms in total. The fourth-order valence-electron chi connectivity index (χ4n) is 1.39. The quantitative estimate of drug-likeness (QED) is 0.522. The van der Waals surface area contributed by atoms with Crippen LogP contribution in [0.2, 0.25) is 0 Å². The molecule has 1 rings (SSSR count). The largest absolute Gasteiger partial charge is 0.490 e. The van der Waals surface area contributed by atoms with E-state index in [2.05, 4.69) is 10.5 Å². The van der Waals surface area contributed by atoms with Gasteiger partial charge in [-0.1, -0.05) is 0 Å². The Morgan fingerprint density at radius 3 is 2.62 bits per heavy atom. The van der Waals surface area contributed by atoms with Crippen LogP contribution in [-0.4, -0.2) is 29.9 Å². The van der Waals surface area contributed by atoms with Crippen LogP contribution >= 0.6 is 0 Å². The summed E-state index contributed by atoms with van der Waals surface area (Å²) in [4.78, 5) is 21.7. The van der Waals surface area contributed by atoms with Gasteiger partial charge in [-0.25, -0.2) is 10.2 Å². The number of nitro benzene ring substituents is 1. The second-order valence-electron chi connectivity index (χ2n) is 5.06. The van der Waals surface area contributed by atoms with Gasteiger partial charge < -0.3 is 9.47 Å². The summed E-state index contributed by atoms with van der Waals surface area (Å²) in [5.74, 6) is 0.150. The summed E-state index contributed by atoms with van der Waals surface area (Å²) in [6.45, 7) is 5.18. The van der Waals surface area contributed by atoms with Crippen molar-refractivity contribution >= 4 is 18.0 Å². The molecular weight excluding hydrogens is 278 g/mol. The predicted octanol–water partition coefficient (Wildman–Crippen LogP) is 2.46. The van der Waals surface area contributed by atoms with Crippen LogP contribution < -0.4 is 10.2 Å². The Labute approximate surface area is 121 Å². The number of rotatable bonds is 4.